The van der Waals surface area contributed by atoms with Crippen LogP contribution in [0.1, 0.15) is 96.3 Å². The van der Waals surface area contributed by atoms with Gasteiger partial charge in [0.25, 0.3) is 0 Å². The number of rotatable bonds is 1. The van der Waals surface area contributed by atoms with Crippen molar-refractivity contribution in [3.8, 4) is 0 Å². The smallest absolute Gasteiger partial charge is 0.0390 e. The number of hydrogen-bond donors (Lipinski definition) is 1. The molecule has 146 valence electrons. The van der Waals surface area contributed by atoms with E-state index in [0.29, 0.717) is 5.41 Å². The van der Waals surface area contributed by atoms with Gasteiger partial charge in [0.1, 0.15) is 0 Å². The van der Waals surface area contributed by atoms with Crippen molar-refractivity contribution >= 4 is 11.8 Å². The molecule has 0 aliphatic heterocycles. The van der Waals surface area contributed by atoms with E-state index in [0.717, 1.165) is 34.9 Å². The van der Waals surface area contributed by atoms with Gasteiger partial charge in [-0.2, -0.15) is 0 Å². The quantitative estimate of drug-likeness (QED) is 0.520. The van der Waals surface area contributed by atoms with E-state index in [9.17, 15) is 0 Å². The number of benzene rings is 1. The lowest BCUT2D eigenvalue weighted by Crippen LogP contribution is -2.41. The van der Waals surface area contributed by atoms with Crippen molar-refractivity contribution in [3.63, 3.8) is 0 Å². The van der Waals surface area contributed by atoms with Crippen molar-refractivity contribution in [2.45, 2.75) is 86.0 Å². The maximum Gasteiger partial charge on any atom is 0.0390 e. The molecular formula is C25H41N. The van der Waals surface area contributed by atoms with E-state index in [4.69, 9.17) is 5.73 Å². The lowest BCUT2D eigenvalue weighted by Gasteiger charge is -2.50. The molecule has 1 heteroatoms. The van der Waals surface area contributed by atoms with Crippen molar-refractivity contribution < 1.29 is 0 Å². The van der Waals surface area contributed by atoms with Crippen molar-refractivity contribution in [2.75, 3.05) is 5.73 Å². The summed E-state index contributed by atoms with van der Waals surface area (Å²) in [6.07, 6.45) is 10.2. The van der Waals surface area contributed by atoms with Crippen LogP contribution in [0.15, 0.2) is 18.7 Å². The predicted molar refractivity (Wildman–Crippen MR) is 117 cm³/mol. The Kier molecular flexibility index (Phi) is 6.99. The van der Waals surface area contributed by atoms with Crippen molar-refractivity contribution in [1.82, 2.24) is 0 Å². The Hall–Kier alpha value is -1.24. The largest absolute Gasteiger partial charge is 0.398 e. The molecule has 0 bridgehead atoms. The van der Waals surface area contributed by atoms with E-state index < -0.39 is 0 Å². The maximum atomic E-state index is 6.18. The Bertz CT molecular complexity index is 617. The zero-order chi connectivity index (χ0) is 19.5. The average molecular weight is 356 g/mol. The second-order valence-corrected chi connectivity index (χ2v) is 8.32. The summed E-state index contributed by atoms with van der Waals surface area (Å²) in [5.41, 5.74) is 11.9. The minimum atomic E-state index is 0.605. The standard InChI is InChI=1S/C21H29N.2C2H6/c1-4-14-11-18-15(12-20(14)22)6-7-17-16(18)9-10-21(3)13(2)5-8-19(17)21;2*1-2/h4,11-13,16-17,19H,1,5-10,22H2,2-3H3;2*1-2H3. The molecule has 0 radical (unpaired) electrons. The minimum absolute atomic E-state index is 0.605. The summed E-state index contributed by atoms with van der Waals surface area (Å²) < 4.78 is 0. The van der Waals surface area contributed by atoms with Crippen molar-refractivity contribution in [2.24, 2.45) is 23.2 Å². The van der Waals surface area contributed by atoms with Gasteiger partial charge in [-0.05, 0) is 96.4 Å². The molecule has 0 amide bonds. The van der Waals surface area contributed by atoms with Crippen LogP contribution in [-0.2, 0) is 6.42 Å². The Morgan fingerprint density at radius 1 is 1.08 bits per heavy atom. The first-order chi connectivity index (χ1) is 12.5. The fourth-order valence-electron chi connectivity index (χ4n) is 6.10. The second-order valence-electron chi connectivity index (χ2n) is 8.32. The molecule has 0 spiro atoms. The van der Waals surface area contributed by atoms with Gasteiger partial charge in [-0.3, -0.25) is 0 Å². The number of nitrogen functional groups attached to an aromatic ring is 1. The second kappa shape index (κ2) is 8.63. The molecule has 1 nitrogen and oxygen atoms in total. The van der Waals surface area contributed by atoms with Crippen LogP contribution in [0.5, 0.6) is 0 Å². The molecule has 0 saturated heterocycles. The fourth-order valence-corrected chi connectivity index (χ4v) is 6.10. The van der Waals surface area contributed by atoms with Gasteiger partial charge in [-0.25, -0.2) is 0 Å². The van der Waals surface area contributed by atoms with Crippen LogP contribution < -0.4 is 5.73 Å². The van der Waals surface area contributed by atoms with Gasteiger partial charge >= 0.3 is 0 Å². The summed E-state index contributed by atoms with van der Waals surface area (Å²) in [7, 11) is 0. The van der Waals surface area contributed by atoms with E-state index in [-0.39, 0.29) is 0 Å². The molecule has 3 aliphatic rings. The Morgan fingerprint density at radius 2 is 1.77 bits per heavy atom. The number of anilines is 1. The van der Waals surface area contributed by atoms with Crippen LogP contribution in [0.25, 0.3) is 6.08 Å². The van der Waals surface area contributed by atoms with Crippen LogP contribution in [0.3, 0.4) is 0 Å². The van der Waals surface area contributed by atoms with Gasteiger partial charge < -0.3 is 5.73 Å². The highest BCUT2D eigenvalue weighted by molar-refractivity contribution is 5.66. The number of nitrogens with two attached hydrogens (primary N) is 1. The molecule has 4 rings (SSSR count). The van der Waals surface area contributed by atoms with Gasteiger partial charge in [0, 0.05) is 5.69 Å². The van der Waals surface area contributed by atoms with Gasteiger partial charge in [-0.15, -0.1) is 0 Å². The molecule has 1 aromatic rings. The highest BCUT2D eigenvalue weighted by Crippen LogP contribution is 2.62. The molecular weight excluding hydrogens is 314 g/mol. The normalized spacial score (nSPS) is 34.1. The summed E-state index contributed by atoms with van der Waals surface area (Å²) >= 11 is 0. The molecule has 2 saturated carbocycles. The van der Waals surface area contributed by atoms with Crippen LogP contribution in [0, 0.1) is 23.2 Å². The first-order valence-electron chi connectivity index (χ1n) is 11.1. The third-order valence-electron chi connectivity index (χ3n) is 7.62. The SMILES string of the molecule is C=Cc1cc2c(cc1N)CCC1C2CCC2(C)C(C)CCC12.CC.CC. The van der Waals surface area contributed by atoms with E-state index in [1.807, 2.05) is 33.8 Å². The molecule has 2 fully saturated rings. The van der Waals surface area contributed by atoms with Crippen LogP contribution in [0.4, 0.5) is 5.69 Å². The highest BCUT2D eigenvalue weighted by atomic mass is 14.6. The molecule has 26 heavy (non-hydrogen) atoms. The van der Waals surface area contributed by atoms with Crippen LogP contribution >= 0.6 is 0 Å². The third-order valence-corrected chi connectivity index (χ3v) is 7.62. The summed E-state index contributed by atoms with van der Waals surface area (Å²) in [4.78, 5) is 0. The van der Waals surface area contributed by atoms with Crippen molar-refractivity contribution in [3.05, 3.63) is 35.4 Å². The number of aryl methyl sites for hydroxylation is 1. The van der Waals surface area contributed by atoms with E-state index >= 15 is 0 Å². The summed E-state index contributed by atoms with van der Waals surface area (Å²) in [5, 5.41) is 0. The fraction of sp³-hybridized carbons (Fsp3) is 0.680. The van der Waals surface area contributed by atoms with Gasteiger partial charge in [0.05, 0.1) is 0 Å². The molecule has 5 atom stereocenters. The molecule has 1 aromatic carbocycles. The summed E-state index contributed by atoms with van der Waals surface area (Å²) in [5.74, 6) is 3.53. The zero-order valence-corrected chi connectivity index (χ0v) is 18.1. The van der Waals surface area contributed by atoms with Gasteiger partial charge in [0.15, 0.2) is 0 Å². The van der Waals surface area contributed by atoms with Crippen LogP contribution in [-0.4, -0.2) is 0 Å². The monoisotopic (exact) mass is 355 g/mol. The predicted octanol–water partition coefficient (Wildman–Crippen LogP) is 7.46. The molecule has 5 unspecified atom stereocenters. The summed E-state index contributed by atoms with van der Waals surface area (Å²) in [6.45, 7) is 17.0. The topological polar surface area (TPSA) is 26.0 Å². The zero-order valence-electron chi connectivity index (χ0n) is 18.1. The van der Waals surface area contributed by atoms with E-state index in [2.05, 4.69) is 32.6 Å². The first kappa shape index (κ1) is 21.1. The maximum absolute atomic E-state index is 6.18. The number of fused-ring (bicyclic) bond motifs is 5. The third kappa shape index (κ3) is 3.35. The number of hydrogen-bond acceptors (Lipinski definition) is 1. The average Bonchev–Trinajstić information content (AvgIpc) is 2.99. The van der Waals surface area contributed by atoms with Gasteiger partial charge in [-0.1, -0.05) is 54.2 Å². The first-order valence-corrected chi connectivity index (χ1v) is 11.1. The molecule has 2 N–H and O–H groups in total. The Morgan fingerprint density at radius 3 is 2.42 bits per heavy atom. The van der Waals surface area contributed by atoms with Crippen molar-refractivity contribution in [1.29, 1.82) is 0 Å². The van der Waals surface area contributed by atoms with Gasteiger partial charge in [0.2, 0.25) is 0 Å². The molecule has 0 heterocycles. The Balaban J connectivity index is 0.000000570. The van der Waals surface area contributed by atoms with Crippen LogP contribution in [0.2, 0.25) is 0 Å². The minimum Gasteiger partial charge on any atom is -0.398 e. The lowest BCUT2D eigenvalue weighted by molar-refractivity contribution is 0.0337. The lowest BCUT2D eigenvalue weighted by atomic mass is 9.54. The van der Waals surface area contributed by atoms with E-state index in [1.165, 1.54) is 44.1 Å². The summed E-state index contributed by atoms with van der Waals surface area (Å²) in [6, 6.07) is 4.59. The molecule has 0 aromatic heterocycles. The van der Waals surface area contributed by atoms with E-state index in [1.54, 1.807) is 5.56 Å². The molecule has 3 aliphatic carbocycles. The Labute approximate surface area is 162 Å². The highest BCUT2D eigenvalue weighted by Gasteiger charge is 2.53.